The summed E-state index contributed by atoms with van der Waals surface area (Å²) in [6, 6.07) is 16.7. The Hall–Kier alpha value is -4.59. The predicted molar refractivity (Wildman–Crippen MR) is 154 cm³/mol. The Bertz CT molecular complexity index is 1670. The number of methoxy groups -OCH3 is 1. The normalized spacial score (nSPS) is 25.0. The first kappa shape index (κ1) is 25.4. The van der Waals surface area contributed by atoms with Crippen LogP contribution in [0.25, 0.3) is 6.08 Å². The van der Waals surface area contributed by atoms with E-state index in [9.17, 15) is 14.4 Å². The van der Waals surface area contributed by atoms with Gasteiger partial charge in [-0.05, 0) is 48.0 Å². The smallest absolute Gasteiger partial charge is 0.238 e. The number of nitrogens with one attached hydrogen (secondary N) is 1. The average Bonchev–Trinajstić information content (AvgIpc) is 3.64. The fourth-order valence-electron chi connectivity index (χ4n) is 6.96. The fraction of sp³-hybridized carbons (Fsp3) is 0.303. The van der Waals surface area contributed by atoms with Crippen molar-refractivity contribution in [2.75, 3.05) is 24.1 Å². The maximum atomic E-state index is 14.9. The first-order chi connectivity index (χ1) is 19.7. The first-order valence-corrected chi connectivity index (χ1v) is 13.7. The third kappa shape index (κ3) is 3.43. The number of ketones is 2. The second-order valence-corrected chi connectivity index (χ2v) is 12.0. The van der Waals surface area contributed by atoms with Crippen LogP contribution in [0, 0.1) is 11.3 Å². The van der Waals surface area contributed by atoms with Crippen molar-refractivity contribution in [1.82, 2.24) is 0 Å². The van der Waals surface area contributed by atoms with Gasteiger partial charge in [0.05, 0.1) is 19.1 Å². The van der Waals surface area contributed by atoms with Crippen LogP contribution in [0.4, 0.5) is 11.4 Å². The molecule has 0 aromatic heterocycles. The zero-order valence-electron chi connectivity index (χ0n) is 23.3. The molecule has 208 valence electrons. The number of fused-ring (bicyclic) bond motifs is 7. The van der Waals surface area contributed by atoms with Gasteiger partial charge in [-0.15, -0.1) is 0 Å². The van der Waals surface area contributed by atoms with Gasteiger partial charge < -0.3 is 24.4 Å². The lowest BCUT2D eigenvalue weighted by Crippen LogP contribution is -2.51. The molecular formula is C33H30N2O6. The van der Waals surface area contributed by atoms with E-state index in [0.717, 1.165) is 11.3 Å². The first-order valence-electron chi connectivity index (χ1n) is 13.7. The molecule has 0 unspecified atom stereocenters. The number of carbonyl (C=O) groups excluding carboxylic acids is 3. The zero-order valence-corrected chi connectivity index (χ0v) is 23.3. The number of para-hydroxylation sites is 1. The molecule has 1 fully saturated rings. The Kier molecular flexibility index (Phi) is 5.39. The van der Waals surface area contributed by atoms with E-state index in [0.29, 0.717) is 34.1 Å². The lowest BCUT2D eigenvalue weighted by Gasteiger charge is -2.38. The van der Waals surface area contributed by atoms with Crippen molar-refractivity contribution in [2.45, 2.75) is 38.3 Å². The number of carbonyl (C=O) groups is 3. The molecule has 8 heteroatoms. The molecule has 8 nitrogen and oxygen atoms in total. The van der Waals surface area contributed by atoms with Gasteiger partial charge in [0.15, 0.2) is 23.1 Å². The van der Waals surface area contributed by atoms with Gasteiger partial charge in [-0.1, -0.05) is 51.1 Å². The Morgan fingerprint density at radius 2 is 1.80 bits per heavy atom. The van der Waals surface area contributed by atoms with E-state index in [1.807, 2.05) is 80.3 Å². The van der Waals surface area contributed by atoms with E-state index < -0.39 is 28.8 Å². The van der Waals surface area contributed by atoms with Crippen LogP contribution in [-0.4, -0.2) is 43.5 Å². The number of nitrogens with zero attached hydrogens (tertiary/aromatic N) is 1. The molecule has 1 spiro atoms. The number of amides is 1. The van der Waals surface area contributed by atoms with Crippen molar-refractivity contribution in [3.63, 3.8) is 0 Å². The number of anilines is 2. The number of ether oxygens (including phenoxy) is 3. The Morgan fingerprint density at radius 3 is 2.59 bits per heavy atom. The summed E-state index contributed by atoms with van der Waals surface area (Å²) in [7, 11) is 1.60. The van der Waals surface area contributed by atoms with Crippen LogP contribution < -0.4 is 24.4 Å². The number of Topliss-reactive ketones (excluding diaryl/α,β-unsaturated/α-hetero) is 2. The molecule has 1 N–H and O–H groups in total. The van der Waals surface area contributed by atoms with Gasteiger partial charge in [-0.3, -0.25) is 14.4 Å². The summed E-state index contributed by atoms with van der Waals surface area (Å²) in [5.41, 5.74) is 1.20. The molecule has 4 aliphatic heterocycles. The van der Waals surface area contributed by atoms with Crippen molar-refractivity contribution >= 4 is 34.9 Å². The molecule has 1 saturated heterocycles. The van der Waals surface area contributed by atoms with Crippen LogP contribution in [0.5, 0.6) is 17.2 Å². The van der Waals surface area contributed by atoms with E-state index >= 15 is 0 Å². The number of rotatable bonds is 4. The van der Waals surface area contributed by atoms with E-state index in [4.69, 9.17) is 14.2 Å². The minimum atomic E-state index is -1.36. The molecule has 0 bridgehead atoms. The molecule has 3 aromatic carbocycles. The van der Waals surface area contributed by atoms with Gasteiger partial charge in [-0.2, -0.15) is 0 Å². The molecule has 41 heavy (non-hydrogen) atoms. The van der Waals surface area contributed by atoms with Gasteiger partial charge in [0.2, 0.25) is 12.7 Å². The second kappa shape index (κ2) is 8.70. The van der Waals surface area contributed by atoms with Crippen LogP contribution in [0.3, 0.4) is 0 Å². The largest absolute Gasteiger partial charge is 0.497 e. The van der Waals surface area contributed by atoms with Crippen LogP contribution in [0.1, 0.15) is 42.3 Å². The summed E-state index contributed by atoms with van der Waals surface area (Å²) in [5.74, 6) is -0.0376. The Labute approximate surface area is 237 Å². The molecule has 0 aliphatic carbocycles. The van der Waals surface area contributed by atoms with Gasteiger partial charge in [0, 0.05) is 27.9 Å². The highest BCUT2D eigenvalue weighted by Gasteiger charge is 2.70. The van der Waals surface area contributed by atoms with Crippen molar-refractivity contribution in [2.24, 2.45) is 11.3 Å². The highest BCUT2D eigenvalue weighted by atomic mass is 16.7. The minimum absolute atomic E-state index is 0.0716. The molecule has 4 atom stereocenters. The summed E-state index contributed by atoms with van der Waals surface area (Å²) in [6.07, 6.45) is 3.92. The highest BCUT2D eigenvalue weighted by Crippen LogP contribution is 2.58. The molecule has 1 amide bonds. The monoisotopic (exact) mass is 550 g/mol. The maximum Gasteiger partial charge on any atom is 0.238 e. The van der Waals surface area contributed by atoms with E-state index in [1.54, 1.807) is 25.3 Å². The maximum absolute atomic E-state index is 14.9. The van der Waals surface area contributed by atoms with Crippen molar-refractivity contribution < 1.29 is 28.6 Å². The molecule has 0 radical (unpaired) electrons. The lowest BCUT2D eigenvalue weighted by molar-refractivity contribution is -0.128. The highest BCUT2D eigenvalue weighted by molar-refractivity contribution is 6.17. The molecule has 3 aromatic rings. The standard InChI is InChI=1S/C33H30N2O6/c1-32(2,3)30(37)28-27(29(36)19-9-13-24-25(16-19)41-17-40-24)33(21-7-5-6-8-22(21)34-31(33)38)26-14-10-18-15-20(39-4)11-12-23(18)35(26)28/h5-16,26-28H,17H2,1-4H3,(H,34,38)/t26-,27-,28-,33+/m0/s1. The van der Waals surface area contributed by atoms with Crippen LogP contribution in [0.2, 0.25) is 0 Å². The third-order valence-corrected chi connectivity index (χ3v) is 8.79. The summed E-state index contributed by atoms with van der Waals surface area (Å²) >= 11 is 0. The topological polar surface area (TPSA) is 94.2 Å². The molecular weight excluding hydrogens is 520 g/mol. The Morgan fingerprint density at radius 1 is 1.02 bits per heavy atom. The molecule has 0 saturated carbocycles. The van der Waals surface area contributed by atoms with Crippen molar-refractivity contribution in [1.29, 1.82) is 0 Å². The molecule has 7 rings (SSSR count). The third-order valence-electron chi connectivity index (χ3n) is 8.79. The van der Waals surface area contributed by atoms with Gasteiger partial charge in [-0.25, -0.2) is 0 Å². The van der Waals surface area contributed by atoms with Gasteiger partial charge in [0.25, 0.3) is 0 Å². The quantitative estimate of drug-likeness (QED) is 0.457. The zero-order chi connectivity index (χ0) is 28.7. The van der Waals surface area contributed by atoms with E-state index in [-0.39, 0.29) is 24.3 Å². The van der Waals surface area contributed by atoms with Crippen LogP contribution in [0.15, 0.2) is 66.7 Å². The predicted octanol–water partition coefficient (Wildman–Crippen LogP) is 5.01. The summed E-state index contributed by atoms with van der Waals surface area (Å²) in [5, 5.41) is 3.05. The Balaban J connectivity index is 1.51. The van der Waals surface area contributed by atoms with Crippen LogP contribution >= 0.6 is 0 Å². The van der Waals surface area contributed by atoms with Crippen LogP contribution in [-0.2, 0) is 15.0 Å². The summed E-state index contributed by atoms with van der Waals surface area (Å²) in [6.45, 7) is 5.64. The molecule has 4 aliphatic rings. The van der Waals surface area contributed by atoms with Gasteiger partial charge in [0.1, 0.15) is 17.2 Å². The second-order valence-electron chi connectivity index (χ2n) is 12.0. The summed E-state index contributed by atoms with van der Waals surface area (Å²) < 4.78 is 16.5. The van der Waals surface area contributed by atoms with E-state index in [1.165, 1.54) is 0 Å². The van der Waals surface area contributed by atoms with Crippen molar-refractivity contribution in [3.05, 3.63) is 83.4 Å². The van der Waals surface area contributed by atoms with Crippen molar-refractivity contribution in [3.8, 4) is 17.2 Å². The molecule has 4 heterocycles. The minimum Gasteiger partial charge on any atom is -0.497 e. The average molecular weight is 551 g/mol. The SMILES string of the molecule is COc1ccc2c(c1)C=C[C@@H]1N2[C@H](C(=O)C(C)(C)C)[C@@H](C(=O)c2ccc3c(c2)OCO3)[C@]12C(=O)Nc1ccccc12. The lowest BCUT2D eigenvalue weighted by atomic mass is 9.63. The number of hydrogen-bond acceptors (Lipinski definition) is 7. The van der Waals surface area contributed by atoms with Gasteiger partial charge >= 0.3 is 0 Å². The van der Waals surface area contributed by atoms with E-state index in [2.05, 4.69) is 5.32 Å². The fourth-order valence-corrected chi connectivity index (χ4v) is 6.96. The number of hydrogen-bond donors (Lipinski definition) is 1. The summed E-state index contributed by atoms with van der Waals surface area (Å²) in [4.78, 5) is 45.8. The number of benzene rings is 3.